The molecule has 0 aliphatic carbocycles. The van der Waals surface area contributed by atoms with Gasteiger partial charge in [-0.25, -0.2) is 9.18 Å². The van der Waals surface area contributed by atoms with Gasteiger partial charge in [0.1, 0.15) is 23.7 Å². The number of phenolic OH excluding ortho intramolecular Hbond substituents is 1. The first-order valence-corrected chi connectivity index (χ1v) is 5.36. The van der Waals surface area contributed by atoms with E-state index >= 15 is 0 Å². The third-order valence-corrected chi connectivity index (χ3v) is 2.39. The third-order valence-electron chi connectivity index (χ3n) is 2.39. The first-order valence-electron chi connectivity index (χ1n) is 5.36. The summed E-state index contributed by atoms with van der Waals surface area (Å²) < 4.78 is 17.9. The third kappa shape index (κ3) is 2.85. The molecule has 0 aliphatic rings. The van der Waals surface area contributed by atoms with Crippen molar-refractivity contribution in [2.45, 2.75) is 6.61 Å². The average Bonchev–Trinajstić information content (AvgIpc) is 2.40. The molecule has 0 radical (unpaired) electrons. The zero-order valence-electron chi connectivity index (χ0n) is 9.47. The van der Waals surface area contributed by atoms with Crippen LogP contribution < -0.4 is 0 Å². The van der Waals surface area contributed by atoms with Gasteiger partial charge in [-0.1, -0.05) is 30.3 Å². The highest BCUT2D eigenvalue weighted by Gasteiger charge is 2.13. The summed E-state index contributed by atoms with van der Waals surface area (Å²) in [6.07, 6.45) is 0. The number of hydrogen-bond donors (Lipinski definition) is 1. The molecule has 0 atom stereocenters. The standard InChI is InChI=1S/C14H11FO3/c15-11-6-7-13(16)12(8-11)14(17)18-9-10-4-2-1-3-5-10/h1-8,16H,9H2. The number of aromatic hydroxyl groups is 1. The highest BCUT2D eigenvalue weighted by atomic mass is 19.1. The van der Waals surface area contributed by atoms with Gasteiger partial charge >= 0.3 is 5.97 Å². The smallest absolute Gasteiger partial charge is 0.342 e. The van der Waals surface area contributed by atoms with Gasteiger partial charge in [0.2, 0.25) is 0 Å². The number of rotatable bonds is 3. The van der Waals surface area contributed by atoms with Crippen LogP contribution >= 0.6 is 0 Å². The van der Waals surface area contributed by atoms with Gasteiger partial charge < -0.3 is 9.84 Å². The number of halogens is 1. The van der Waals surface area contributed by atoms with E-state index in [4.69, 9.17) is 4.74 Å². The van der Waals surface area contributed by atoms with Crippen LogP contribution in [-0.2, 0) is 11.3 Å². The Morgan fingerprint density at radius 3 is 2.61 bits per heavy atom. The lowest BCUT2D eigenvalue weighted by molar-refractivity contribution is 0.0469. The number of carbonyl (C=O) groups is 1. The molecule has 2 rings (SSSR count). The van der Waals surface area contributed by atoms with Gasteiger partial charge in [-0.15, -0.1) is 0 Å². The van der Waals surface area contributed by atoms with Crippen molar-refractivity contribution >= 4 is 5.97 Å². The quantitative estimate of drug-likeness (QED) is 0.847. The Balaban J connectivity index is 2.06. The molecule has 2 aromatic rings. The summed E-state index contributed by atoms with van der Waals surface area (Å²) in [5.41, 5.74) is 0.646. The average molecular weight is 246 g/mol. The van der Waals surface area contributed by atoms with E-state index in [0.717, 1.165) is 23.8 Å². The second kappa shape index (κ2) is 5.31. The van der Waals surface area contributed by atoms with Gasteiger partial charge in [-0.3, -0.25) is 0 Å². The number of hydrogen-bond acceptors (Lipinski definition) is 3. The lowest BCUT2D eigenvalue weighted by Crippen LogP contribution is -2.06. The van der Waals surface area contributed by atoms with Crippen LogP contribution in [0.15, 0.2) is 48.5 Å². The zero-order valence-corrected chi connectivity index (χ0v) is 9.47. The first-order chi connectivity index (χ1) is 8.66. The molecule has 0 fully saturated rings. The van der Waals surface area contributed by atoms with Crippen LogP contribution in [0, 0.1) is 5.82 Å². The van der Waals surface area contributed by atoms with Gasteiger partial charge in [0.15, 0.2) is 0 Å². The van der Waals surface area contributed by atoms with Crippen molar-refractivity contribution in [3.8, 4) is 5.75 Å². The molecule has 0 unspecified atom stereocenters. The number of ether oxygens (including phenoxy) is 1. The van der Waals surface area contributed by atoms with E-state index in [1.54, 1.807) is 12.1 Å². The molecule has 1 N–H and O–H groups in total. The van der Waals surface area contributed by atoms with Crippen LogP contribution in [0.1, 0.15) is 15.9 Å². The van der Waals surface area contributed by atoms with E-state index in [1.165, 1.54) is 0 Å². The summed E-state index contributed by atoms with van der Waals surface area (Å²) in [4.78, 5) is 11.6. The van der Waals surface area contributed by atoms with Crippen molar-refractivity contribution in [3.05, 3.63) is 65.5 Å². The van der Waals surface area contributed by atoms with E-state index in [1.807, 2.05) is 18.2 Å². The van der Waals surface area contributed by atoms with E-state index in [0.29, 0.717) is 0 Å². The van der Waals surface area contributed by atoms with Crippen LogP contribution in [0.25, 0.3) is 0 Å². The van der Waals surface area contributed by atoms with Crippen LogP contribution in [0.4, 0.5) is 4.39 Å². The Morgan fingerprint density at radius 1 is 1.17 bits per heavy atom. The molecule has 0 saturated heterocycles. The van der Waals surface area contributed by atoms with Gasteiger partial charge in [0.05, 0.1) is 0 Å². The fraction of sp³-hybridized carbons (Fsp3) is 0.0714. The van der Waals surface area contributed by atoms with Crippen molar-refractivity contribution in [3.63, 3.8) is 0 Å². The Morgan fingerprint density at radius 2 is 1.89 bits per heavy atom. The fourth-order valence-corrected chi connectivity index (χ4v) is 1.47. The minimum atomic E-state index is -0.754. The maximum Gasteiger partial charge on any atom is 0.342 e. The molecule has 92 valence electrons. The molecule has 4 heteroatoms. The van der Waals surface area contributed by atoms with Gasteiger partial charge in [0, 0.05) is 0 Å². The van der Waals surface area contributed by atoms with E-state index < -0.39 is 11.8 Å². The molecule has 0 saturated carbocycles. The van der Waals surface area contributed by atoms with Crippen LogP contribution in [0.2, 0.25) is 0 Å². The van der Waals surface area contributed by atoms with Crippen molar-refractivity contribution in [2.75, 3.05) is 0 Å². The van der Waals surface area contributed by atoms with Crippen molar-refractivity contribution < 1.29 is 19.0 Å². The summed E-state index contributed by atoms with van der Waals surface area (Å²) in [6.45, 7) is 0.0790. The van der Waals surface area contributed by atoms with Gasteiger partial charge in [-0.05, 0) is 23.8 Å². The monoisotopic (exact) mass is 246 g/mol. The molecule has 2 aromatic carbocycles. The van der Waals surface area contributed by atoms with Crippen LogP contribution in [0.3, 0.4) is 0 Å². The molecule has 0 amide bonds. The van der Waals surface area contributed by atoms with Gasteiger partial charge in [0.25, 0.3) is 0 Å². The number of esters is 1. The summed E-state index contributed by atoms with van der Waals surface area (Å²) >= 11 is 0. The number of carbonyl (C=O) groups excluding carboxylic acids is 1. The summed E-state index contributed by atoms with van der Waals surface area (Å²) in [5, 5.41) is 9.44. The molecule has 0 heterocycles. The predicted molar refractivity (Wildman–Crippen MR) is 63.6 cm³/mol. The number of benzene rings is 2. The second-order valence-electron chi connectivity index (χ2n) is 3.72. The summed E-state index contributed by atoms with van der Waals surface area (Å²) in [7, 11) is 0. The molecular formula is C14H11FO3. The van der Waals surface area contributed by atoms with Gasteiger partial charge in [-0.2, -0.15) is 0 Å². The largest absolute Gasteiger partial charge is 0.507 e. The summed E-state index contributed by atoms with van der Waals surface area (Å²) in [6, 6.07) is 12.2. The molecule has 3 nitrogen and oxygen atoms in total. The lowest BCUT2D eigenvalue weighted by atomic mass is 10.2. The minimum Gasteiger partial charge on any atom is -0.507 e. The normalized spacial score (nSPS) is 10.1. The maximum absolute atomic E-state index is 13.0. The maximum atomic E-state index is 13.0. The Hall–Kier alpha value is -2.36. The molecule has 0 spiro atoms. The lowest BCUT2D eigenvalue weighted by Gasteiger charge is -2.06. The highest BCUT2D eigenvalue weighted by Crippen LogP contribution is 2.19. The second-order valence-corrected chi connectivity index (χ2v) is 3.72. The van der Waals surface area contributed by atoms with Crippen LogP contribution in [-0.4, -0.2) is 11.1 Å². The fourth-order valence-electron chi connectivity index (χ4n) is 1.47. The SMILES string of the molecule is O=C(OCc1ccccc1)c1cc(F)ccc1O. The Bertz CT molecular complexity index is 552. The van der Waals surface area contributed by atoms with Crippen LogP contribution in [0.5, 0.6) is 5.75 Å². The van der Waals surface area contributed by atoms with Crippen molar-refractivity contribution in [1.29, 1.82) is 0 Å². The molecule has 0 bridgehead atoms. The highest BCUT2D eigenvalue weighted by molar-refractivity contribution is 5.92. The zero-order chi connectivity index (χ0) is 13.0. The van der Waals surface area contributed by atoms with E-state index in [2.05, 4.69) is 0 Å². The van der Waals surface area contributed by atoms with Crippen molar-refractivity contribution in [1.82, 2.24) is 0 Å². The van der Waals surface area contributed by atoms with E-state index in [-0.39, 0.29) is 17.9 Å². The Kier molecular flexibility index (Phi) is 3.57. The molecule has 18 heavy (non-hydrogen) atoms. The summed E-state index contributed by atoms with van der Waals surface area (Å²) in [5.74, 6) is -1.65. The topological polar surface area (TPSA) is 46.5 Å². The first kappa shape index (κ1) is 12.1. The molecule has 0 aromatic heterocycles. The Labute approximate surface area is 103 Å². The minimum absolute atomic E-state index is 0.0790. The molecule has 0 aliphatic heterocycles. The van der Waals surface area contributed by atoms with E-state index in [9.17, 15) is 14.3 Å². The van der Waals surface area contributed by atoms with Crippen molar-refractivity contribution in [2.24, 2.45) is 0 Å². The predicted octanol–water partition coefficient (Wildman–Crippen LogP) is 2.89. The number of phenols is 1. The molecular weight excluding hydrogens is 235 g/mol.